The van der Waals surface area contributed by atoms with Crippen LogP contribution in [0.1, 0.15) is 30.6 Å². The van der Waals surface area contributed by atoms with Crippen LogP contribution in [0.25, 0.3) is 0 Å². The quantitative estimate of drug-likeness (QED) is 0.556. The molecule has 0 heterocycles. The van der Waals surface area contributed by atoms with E-state index in [-0.39, 0.29) is 10.8 Å². The average Bonchev–Trinajstić information content (AvgIpc) is 2.18. The van der Waals surface area contributed by atoms with Crippen LogP contribution >= 0.6 is 0 Å². The molecular weight excluding hydrogens is 200 g/mol. The molecule has 0 atom stereocenters. The largest absolute Gasteiger partial charge is 0.294 e. The third-order valence-electron chi connectivity index (χ3n) is 3.05. The molecule has 0 N–H and O–H groups in total. The van der Waals surface area contributed by atoms with Gasteiger partial charge in [-0.25, -0.2) is 0 Å². The monoisotopic (exact) mass is 219 g/mol. The summed E-state index contributed by atoms with van der Waals surface area (Å²) in [6.45, 7) is 8.93. The highest BCUT2D eigenvalue weighted by molar-refractivity contribution is 6.59. The van der Waals surface area contributed by atoms with E-state index >= 15 is 0 Å². The summed E-state index contributed by atoms with van der Waals surface area (Å²) in [5.41, 5.74) is 0.842. The van der Waals surface area contributed by atoms with Crippen molar-refractivity contribution in [3.05, 3.63) is 35.9 Å². The van der Waals surface area contributed by atoms with Gasteiger partial charge in [-0.3, -0.25) is 4.79 Å². The lowest BCUT2D eigenvalue weighted by atomic mass is 10.0. The predicted molar refractivity (Wildman–Crippen MR) is 66.9 cm³/mol. The molecule has 0 saturated heterocycles. The van der Waals surface area contributed by atoms with Gasteiger partial charge in [-0.05, 0) is 5.04 Å². The first-order valence-corrected chi connectivity index (χ1v) is 7.82. The third-order valence-corrected chi connectivity index (χ3v) is 5.94. The van der Waals surface area contributed by atoms with Gasteiger partial charge in [0, 0.05) is 20.8 Å². The third kappa shape index (κ3) is 3.31. The second-order valence-corrected chi connectivity index (χ2v) is 8.20. The van der Waals surface area contributed by atoms with Crippen LogP contribution in [0, 0.1) is 0 Å². The minimum absolute atomic E-state index is 0.178. The normalized spacial score (nSPS) is 11.8. The molecule has 0 aliphatic carbocycles. The van der Waals surface area contributed by atoms with E-state index in [0.29, 0.717) is 6.42 Å². The molecule has 0 amide bonds. The highest BCUT2D eigenvalue weighted by Gasteiger charge is 2.26. The minimum atomic E-state index is -0.434. The molecule has 1 aromatic rings. The van der Waals surface area contributed by atoms with Gasteiger partial charge in [-0.2, -0.15) is 0 Å². The zero-order valence-corrected chi connectivity index (χ0v) is 11.0. The number of rotatable bonds is 4. The number of hydrogen-bond acceptors (Lipinski definition) is 1. The maximum absolute atomic E-state index is 12.0. The van der Waals surface area contributed by atoms with E-state index in [9.17, 15) is 4.79 Å². The Morgan fingerprint density at radius 2 is 1.73 bits per heavy atom. The maximum Gasteiger partial charge on any atom is 0.163 e. The molecule has 81 valence electrons. The first kappa shape index (κ1) is 12.2. The summed E-state index contributed by atoms with van der Waals surface area (Å²) in [5, 5.41) is 0.178. The fraction of sp³-hybridized carbons (Fsp3) is 0.462. The van der Waals surface area contributed by atoms with E-state index in [1.54, 1.807) is 0 Å². The molecule has 2 heteroatoms. The van der Waals surface area contributed by atoms with Crippen LogP contribution in [0.5, 0.6) is 0 Å². The van der Waals surface area contributed by atoms with Gasteiger partial charge in [0.2, 0.25) is 0 Å². The molecule has 1 radical (unpaired) electrons. The molecule has 15 heavy (non-hydrogen) atoms. The van der Waals surface area contributed by atoms with Crippen LogP contribution in [0.15, 0.2) is 30.3 Å². The van der Waals surface area contributed by atoms with E-state index in [1.807, 2.05) is 30.3 Å². The molecule has 0 bridgehead atoms. The van der Waals surface area contributed by atoms with Crippen LogP contribution in [0.4, 0.5) is 0 Å². The Kier molecular flexibility index (Phi) is 3.86. The summed E-state index contributed by atoms with van der Waals surface area (Å²) in [6.07, 6.45) is 0.665. The molecule has 1 aromatic carbocycles. The Hall–Kier alpha value is -0.893. The number of hydrogen-bond donors (Lipinski definition) is 0. The van der Waals surface area contributed by atoms with E-state index in [4.69, 9.17) is 0 Å². The van der Waals surface area contributed by atoms with Gasteiger partial charge in [0.1, 0.15) is 0 Å². The predicted octanol–water partition coefficient (Wildman–Crippen LogP) is 3.79. The summed E-state index contributed by atoms with van der Waals surface area (Å²) >= 11 is 0. The van der Waals surface area contributed by atoms with E-state index < -0.39 is 8.80 Å². The van der Waals surface area contributed by atoms with Gasteiger partial charge < -0.3 is 0 Å². The fourth-order valence-electron chi connectivity index (χ4n) is 1.30. The zero-order chi connectivity index (χ0) is 11.5. The lowest BCUT2D eigenvalue weighted by Crippen LogP contribution is -2.24. The van der Waals surface area contributed by atoms with Crippen LogP contribution in [-0.4, -0.2) is 14.6 Å². The van der Waals surface area contributed by atoms with E-state index in [0.717, 1.165) is 5.56 Å². The van der Waals surface area contributed by atoms with Gasteiger partial charge >= 0.3 is 0 Å². The van der Waals surface area contributed by atoms with Crippen molar-refractivity contribution < 1.29 is 4.79 Å². The van der Waals surface area contributed by atoms with Gasteiger partial charge in [-0.15, -0.1) is 0 Å². The molecule has 0 saturated carbocycles. The lowest BCUT2D eigenvalue weighted by molar-refractivity contribution is 0.0970. The summed E-state index contributed by atoms with van der Waals surface area (Å²) in [7, 11) is -0.434. The van der Waals surface area contributed by atoms with Crippen molar-refractivity contribution in [2.45, 2.75) is 38.4 Å². The average molecular weight is 219 g/mol. The zero-order valence-electron chi connectivity index (χ0n) is 10.0. The maximum atomic E-state index is 12.0. The van der Waals surface area contributed by atoms with Gasteiger partial charge in [0.05, 0.1) is 0 Å². The lowest BCUT2D eigenvalue weighted by Gasteiger charge is -2.27. The highest BCUT2D eigenvalue weighted by atomic mass is 28.3. The van der Waals surface area contributed by atoms with Gasteiger partial charge in [0.15, 0.2) is 5.78 Å². The molecule has 0 fully saturated rings. The molecule has 0 unspecified atom stereocenters. The molecule has 0 aliphatic rings. The Labute approximate surface area is 94.1 Å². The topological polar surface area (TPSA) is 17.1 Å². The molecular formula is C13H19OSi. The van der Waals surface area contributed by atoms with Crippen molar-refractivity contribution in [3.63, 3.8) is 0 Å². The SMILES string of the molecule is C[Si](C)C(C)(C)CC(=O)c1ccccc1. The Bertz CT molecular complexity index is 328. The number of benzene rings is 1. The first-order valence-electron chi connectivity index (χ1n) is 5.32. The van der Waals surface area contributed by atoms with Crippen LogP contribution in [0.3, 0.4) is 0 Å². The summed E-state index contributed by atoms with van der Waals surface area (Å²) < 4.78 is 0. The minimum Gasteiger partial charge on any atom is -0.294 e. The van der Waals surface area contributed by atoms with Gasteiger partial charge in [0.25, 0.3) is 0 Å². The van der Waals surface area contributed by atoms with Crippen molar-refractivity contribution in [3.8, 4) is 0 Å². The van der Waals surface area contributed by atoms with Crippen LogP contribution in [0.2, 0.25) is 18.1 Å². The highest BCUT2D eigenvalue weighted by Crippen LogP contribution is 2.33. The second-order valence-electron chi connectivity index (χ2n) is 4.85. The summed E-state index contributed by atoms with van der Waals surface area (Å²) in [6, 6.07) is 9.58. The number of Topliss-reactive ketones (excluding diaryl/α,β-unsaturated/α-hetero) is 1. The van der Waals surface area contributed by atoms with Gasteiger partial charge in [-0.1, -0.05) is 57.3 Å². The Morgan fingerprint density at radius 3 is 2.20 bits per heavy atom. The summed E-state index contributed by atoms with van der Waals surface area (Å²) in [4.78, 5) is 12.0. The standard InChI is InChI=1S/C13H19OSi/c1-13(2,15(3)4)10-12(14)11-8-6-5-7-9-11/h5-9H,10H2,1-4H3. The van der Waals surface area contributed by atoms with Crippen molar-refractivity contribution in [1.29, 1.82) is 0 Å². The van der Waals surface area contributed by atoms with Crippen LogP contribution in [-0.2, 0) is 0 Å². The number of carbonyl (C=O) groups is 1. The van der Waals surface area contributed by atoms with Crippen molar-refractivity contribution >= 4 is 14.6 Å². The van der Waals surface area contributed by atoms with E-state index in [1.165, 1.54) is 0 Å². The Balaban J connectivity index is 2.73. The molecule has 1 rings (SSSR count). The summed E-state index contributed by atoms with van der Waals surface area (Å²) in [5.74, 6) is 0.270. The van der Waals surface area contributed by atoms with Crippen molar-refractivity contribution in [1.82, 2.24) is 0 Å². The van der Waals surface area contributed by atoms with Crippen LogP contribution < -0.4 is 0 Å². The molecule has 0 aliphatic heterocycles. The Morgan fingerprint density at radius 1 is 1.20 bits per heavy atom. The van der Waals surface area contributed by atoms with E-state index in [2.05, 4.69) is 26.9 Å². The first-order chi connectivity index (χ1) is 6.93. The number of carbonyl (C=O) groups excluding carboxylic acids is 1. The number of ketones is 1. The molecule has 1 nitrogen and oxygen atoms in total. The van der Waals surface area contributed by atoms with Crippen molar-refractivity contribution in [2.75, 3.05) is 0 Å². The molecule has 0 aromatic heterocycles. The van der Waals surface area contributed by atoms with Crippen molar-refractivity contribution in [2.24, 2.45) is 0 Å². The molecule has 0 spiro atoms. The second kappa shape index (κ2) is 4.75. The smallest absolute Gasteiger partial charge is 0.163 e. The fourth-order valence-corrected chi connectivity index (χ4v) is 1.82.